The molecule has 168 valence electrons. The smallest absolute Gasteiger partial charge is 0.238 e. The molecule has 2 aromatic rings. The number of hydrogen-bond donors (Lipinski definition) is 2. The van der Waals surface area contributed by atoms with Crippen molar-refractivity contribution in [3.63, 3.8) is 0 Å². The van der Waals surface area contributed by atoms with Crippen LogP contribution in [-0.4, -0.2) is 59.4 Å². The lowest BCUT2D eigenvalue weighted by Gasteiger charge is -2.21. The van der Waals surface area contributed by atoms with E-state index in [0.29, 0.717) is 17.4 Å². The maximum atomic E-state index is 11.8. The van der Waals surface area contributed by atoms with Gasteiger partial charge in [-0.3, -0.25) is 4.79 Å². The average molecular weight is 449 g/mol. The number of carbonyl (C=O) groups excluding carboxylic acids is 1. The molecule has 2 heterocycles. The molecule has 9 heteroatoms. The van der Waals surface area contributed by atoms with Crippen LogP contribution < -0.4 is 19.7 Å². The van der Waals surface area contributed by atoms with Gasteiger partial charge in [0.05, 0.1) is 18.1 Å². The minimum absolute atomic E-state index is 0.0195. The fourth-order valence-corrected chi connectivity index (χ4v) is 3.59. The van der Waals surface area contributed by atoms with Gasteiger partial charge in [-0.25, -0.2) is 9.97 Å². The van der Waals surface area contributed by atoms with Gasteiger partial charge in [-0.1, -0.05) is 23.7 Å². The highest BCUT2D eigenvalue weighted by Crippen LogP contribution is 2.33. The number of nitrogens with zero attached hydrogens (tertiary/aromatic N) is 3. The van der Waals surface area contributed by atoms with E-state index in [-0.39, 0.29) is 30.4 Å². The van der Waals surface area contributed by atoms with Gasteiger partial charge in [0, 0.05) is 20.0 Å². The number of benzene rings is 1. The Bertz CT molecular complexity index is 901. The molecule has 8 nitrogen and oxygen atoms in total. The number of anilines is 1. The van der Waals surface area contributed by atoms with E-state index in [1.165, 1.54) is 6.33 Å². The van der Waals surface area contributed by atoms with Crippen LogP contribution in [0.1, 0.15) is 38.7 Å². The molecule has 0 bridgehead atoms. The Morgan fingerprint density at radius 3 is 2.71 bits per heavy atom. The first-order valence-corrected chi connectivity index (χ1v) is 10.6. The van der Waals surface area contributed by atoms with Crippen LogP contribution in [0.15, 0.2) is 30.6 Å². The Labute approximate surface area is 187 Å². The number of aliphatic hydroxyl groups is 1. The van der Waals surface area contributed by atoms with Crippen LogP contribution in [0.2, 0.25) is 5.02 Å². The summed E-state index contributed by atoms with van der Waals surface area (Å²) < 4.78 is 11.7. The van der Waals surface area contributed by atoms with Crippen LogP contribution >= 0.6 is 11.6 Å². The molecule has 1 amide bonds. The summed E-state index contributed by atoms with van der Waals surface area (Å²) in [5.41, 5.74) is -0.0552. The van der Waals surface area contributed by atoms with Crippen molar-refractivity contribution in [3.05, 3.63) is 41.2 Å². The third-order valence-corrected chi connectivity index (χ3v) is 5.40. The number of carbonyl (C=O) groups is 1. The van der Waals surface area contributed by atoms with Gasteiger partial charge in [0.1, 0.15) is 29.8 Å². The Kier molecular flexibility index (Phi) is 7.23. The first-order chi connectivity index (χ1) is 14.7. The molecule has 1 unspecified atom stereocenters. The third kappa shape index (κ3) is 5.98. The number of nitrogens with one attached hydrogen (secondary N) is 1. The SMILES string of the molecule is CNC(=O)C(C)c1ccc(O[C@@H]2CCN(c3ncnc(OCC(C)(C)O)c3Cl)C2)cc1. The number of hydrogen-bond acceptors (Lipinski definition) is 7. The maximum absolute atomic E-state index is 11.8. The van der Waals surface area contributed by atoms with Crippen molar-refractivity contribution in [1.82, 2.24) is 15.3 Å². The maximum Gasteiger partial charge on any atom is 0.238 e. The van der Waals surface area contributed by atoms with Crippen LogP contribution in [0.5, 0.6) is 11.6 Å². The largest absolute Gasteiger partial charge is 0.489 e. The molecule has 1 aliphatic rings. The van der Waals surface area contributed by atoms with Gasteiger partial charge in [-0.05, 0) is 38.5 Å². The zero-order valence-electron chi connectivity index (χ0n) is 18.3. The van der Waals surface area contributed by atoms with Crippen molar-refractivity contribution >= 4 is 23.3 Å². The fourth-order valence-electron chi connectivity index (χ4n) is 3.32. The van der Waals surface area contributed by atoms with Gasteiger partial charge >= 0.3 is 0 Å². The number of ether oxygens (including phenoxy) is 2. The zero-order chi connectivity index (χ0) is 22.6. The molecule has 0 aliphatic carbocycles. The van der Waals surface area contributed by atoms with E-state index in [1.54, 1.807) is 20.9 Å². The zero-order valence-corrected chi connectivity index (χ0v) is 19.0. The summed E-state index contributed by atoms with van der Waals surface area (Å²) in [6, 6.07) is 7.60. The van der Waals surface area contributed by atoms with Crippen LogP contribution in [-0.2, 0) is 4.79 Å². The van der Waals surface area contributed by atoms with Crippen molar-refractivity contribution in [2.45, 2.75) is 44.8 Å². The highest BCUT2D eigenvalue weighted by atomic mass is 35.5. The summed E-state index contributed by atoms with van der Waals surface area (Å²) >= 11 is 6.46. The summed E-state index contributed by atoms with van der Waals surface area (Å²) in [6.07, 6.45) is 2.20. The standard InChI is InChI=1S/C22H29ClN4O4/c1-14(20(28)24-4)15-5-7-16(8-6-15)31-17-9-10-27(11-17)19-18(23)21(26-13-25-19)30-12-22(2,3)29/h5-8,13-14,17,29H,9-12H2,1-4H3,(H,24,28)/t14?,17-/m1/s1. The number of halogens is 1. The summed E-state index contributed by atoms with van der Waals surface area (Å²) in [4.78, 5) is 22.2. The molecule has 0 radical (unpaired) electrons. The average Bonchev–Trinajstić information content (AvgIpc) is 3.20. The van der Waals surface area contributed by atoms with E-state index in [9.17, 15) is 9.90 Å². The van der Waals surface area contributed by atoms with Crippen LogP contribution in [0.25, 0.3) is 0 Å². The highest BCUT2D eigenvalue weighted by molar-refractivity contribution is 6.34. The van der Waals surface area contributed by atoms with E-state index in [1.807, 2.05) is 36.1 Å². The Morgan fingerprint density at radius 1 is 1.35 bits per heavy atom. The molecule has 2 atom stereocenters. The number of amides is 1. The molecular formula is C22H29ClN4O4. The highest BCUT2D eigenvalue weighted by Gasteiger charge is 2.28. The summed E-state index contributed by atoms with van der Waals surface area (Å²) in [5.74, 6) is 1.35. The van der Waals surface area contributed by atoms with E-state index in [2.05, 4.69) is 15.3 Å². The normalized spacial score (nSPS) is 17.4. The van der Waals surface area contributed by atoms with E-state index in [0.717, 1.165) is 24.3 Å². The van der Waals surface area contributed by atoms with Crippen LogP contribution in [0.3, 0.4) is 0 Å². The summed E-state index contributed by atoms with van der Waals surface area (Å²) in [6.45, 7) is 6.60. The lowest BCUT2D eigenvalue weighted by molar-refractivity contribution is -0.121. The number of likely N-dealkylation sites (N-methyl/N-ethyl adjacent to an activating group) is 1. The van der Waals surface area contributed by atoms with Gasteiger partial charge < -0.3 is 24.8 Å². The quantitative estimate of drug-likeness (QED) is 0.640. The van der Waals surface area contributed by atoms with Gasteiger partial charge in [0.2, 0.25) is 11.8 Å². The number of rotatable bonds is 8. The molecule has 1 saturated heterocycles. The van der Waals surface area contributed by atoms with E-state index in [4.69, 9.17) is 21.1 Å². The van der Waals surface area contributed by atoms with Gasteiger partial charge in [0.15, 0.2) is 5.82 Å². The fraction of sp³-hybridized carbons (Fsp3) is 0.500. The second-order valence-corrected chi connectivity index (χ2v) is 8.68. The molecule has 1 aromatic heterocycles. The molecule has 0 spiro atoms. The topological polar surface area (TPSA) is 96.8 Å². The molecule has 2 N–H and O–H groups in total. The van der Waals surface area contributed by atoms with E-state index < -0.39 is 5.60 Å². The monoisotopic (exact) mass is 448 g/mol. The van der Waals surface area contributed by atoms with Crippen LogP contribution in [0, 0.1) is 0 Å². The first kappa shape index (κ1) is 23.1. The van der Waals surface area contributed by atoms with Crippen molar-refractivity contribution in [2.24, 2.45) is 0 Å². The predicted molar refractivity (Wildman–Crippen MR) is 119 cm³/mol. The second kappa shape index (κ2) is 9.70. The summed E-state index contributed by atoms with van der Waals surface area (Å²) in [7, 11) is 1.63. The molecule has 31 heavy (non-hydrogen) atoms. The molecule has 1 aromatic carbocycles. The lowest BCUT2D eigenvalue weighted by atomic mass is 10.0. The minimum Gasteiger partial charge on any atom is -0.489 e. The first-order valence-electron chi connectivity index (χ1n) is 10.3. The Balaban J connectivity index is 1.61. The molecular weight excluding hydrogens is 420 g/mol. The third-order valence-electron chi connectivity index (χ3n) is 5.07. The van der Waals surface area contributed by atoms with Crippen molar-refractivity contribution < 1.29 is 19.4 Å². The van der Waals surface area contributed by atoms with Crippen molar-refractivity contribution in [2.75, 3.05) is 31.6 Å². The van der Waals surface area contributed by atoms with Crippen molar-refractivity contribution in [1.29, 1.82) is 0 Å². The molecule has 1 fully saturated rings. The van der Waals surface area contributed by atoms with Crippen LogP contribution in [0.4, 0.5) is 5.82 Å². The number of aromatic nitrogens is 2. The van der Waals surface area contributed by atoms with Gasteiger partial charge in [0.25, 0.3) is 0 Å². The summed E-state index contributed by atoms with van der Waals surface area (Å²) in [5, 5.41) is 12.8. The van der Waals surface area contributed by atoms with Crippen molar-refractivity contribution in [3.8, 4) is 11.6 Å². The minimum atomic E-state index is -0.991. The Morgan fingerprint density at radius 2 is 2.06 bits per heavy atom. The van der Waals surface area contributed by atoms with Gasteiger partial charge in [-0.15, -0.1) is 0 Å². The van der Waals surface area contributed by atoms with E-state index >= 15 is 0 Å². The molecule has 1 aliphatic heterocycles. The van der Waals surface area contributed by atoms with Gasteiger partial charge in [-0.2, -0.15) is 0 Å². The Hall–Kier alpha value is -2.58. The molecule has 0 saturated carbocycles. The second-order valence-electron chi connectivity index (χ2n) is 8.30. The molecule has 3 rings (SSSR count). The predicted octanol–water partition coefficient (Wildman–Crippen LogP) is 2.79. The lowest BCUT2D eigenvalue weighted by Crippen LogP contribution is -2.29.